The molecular formula is C19H21N3O5. The number of hydrogen-bond donors (Lipinski definition) is 1. The molecule has 8 nitrogen and oxygen atoms in total. The van der Waals surface area contributed by atoms with Crippen LogP contribution in [0.5, 0.6) is 11.5 Å². The van der Waals surface area contributed by atoms with E-state index in [0.29, 0.717) is 24.6 Å². The van der Waals surface area contributed by atoms with Crippen molar-refractivity contribution in [1.29, 1.82) is 0 Å². The average molecular weight is 371 g/mol. The van der Waals surface area contributed by atoms with Gasteiger partial charge in [0.2, 0.25) is 5.91 Å². The van der Waals surface area contributed by atoms with Crippen molar-refractivity contribution < 1.29 is 24.2 Å². The lowest BCUT2D eigenvalue weighted by molar-refractivity contribution is -0.152. The number of carbonyl (C=O) groups is 2. The Hall–Kier alpha value is -3.03. The van der Waals surface area contributed by atoms with E-state index < -0.39 is 11.4 Å². The first-order valence-electron chi connectivity index (χ1n) is 8.83. The highest BCUT2D eigenvalue weighted by Gasteiger charge is 2.57. The molecule has 1 aromatic carbocycles. The van der Waals surface area contributed by atoms with Crippen molar-refractivity contribution >= 4 is 11.9 Å². The van der Waals surface area contributed by atoms with Crippen molar-refractivity contribution in [3.05, 3.63) is 42.2 Å². The Balaban J connectivity index is 1.59. The Morgan fingerprint density at radius 2 is 2.26 bits per heavy atom. The van der Waals surface area contributed by atoms with Crippen LogP contribution in [-0.2, 0) is 16.1 Å². The number of carboxylic acid groups (broad SMARTS) is 1. The Morgan fingerprint density at radius 1 is 1.41 bits per heavy atom. The predicted octanol–water partition coefficient (Wildman–Crippen LogP) is 1.37. The molecule has 4 rings (SSSR count). The van der Waals surface area contributed by atoms with Crippen molar-refractivity contribution in [3.8, 4) is 11.5 Å². The monoisotopic (exact) mass is 371 g/mol. The molecule has 142 valence electrons. The van der Waals surface area contributed by atoms with Crippen LogP contribution in [0.25, 0.3) is 0 Å². The number of carbonyl (C=O) groups excluding carboxylic acids is 1. The molecule has 0 unspecified atom stereocenters. The largest absolute Gasteiger partial charge is 0.493 e. The third kappa shape index (κ3) is 2.81. The van der Waals surface area contributed by atoms with Crippen LogP contribution in [0.1, 0.15) is 17.9 Å². The Morgan fingerprint density at radius 3 is 2.96 bits per heavy atom. The second kappa shape index (κ2) is 6.61. The zero-order valence-corrected chi connectivity index (χ0v) is 15.0. The van der Waals surface area contributed by atoms with Gasteiger partial charge in [0.15, 0.2) is 11.5 Å². The first-order valence-corrected chi connectivity index (χ1v) is 8.83. The quantitative estimate of drug-likeness (QED) is 0.853. The number of likely N-dealkylation sites (tertiary alicyclic amines) is 1. The Kier molecular flexibility index (Phi) is 4.25. The van der Waals surface area contributed by atoms with Gasteiger partial charge in [-0.2, -0.15) is 5.10 Å². The van der Waals surface area contributed by atoms with Gasteiger partial charge in [-0.25, -0.2) is 0 Å². The van der Waals surface area contributed by atoms with E-state index in [9.17, 15) is 14.7 Å². The molecule has 2 aromatic rings. The maximum Gasteiger partial charge on any atom is 0.315 e. The standard InChI is InChI=1S/C19H21N3O5/c1-26-15-5-2-4-13-14-10-21(16(23)6-9-22-8-3-7-20-22)11-19(14,18(24)25)12-27-17(13)15/h2-5,7-8,14H,6,9-12H2,1H3,(H,24,25)/t14-,19-/m0/s1. The average Bonchev–Trinajstić information content (AvgIpc) is 3.33. The smallest absolute Gasteiger partial charge is 0.315 e. The molecule has 2 aliphatic rings. The highest BCUT2D eigenvalue weighted by molar-refractivity contribution is 5.83. The van der Waals surface area contributed by atoms with E-state index in [1.165, 1.54) is 0 Å². The van der Waals surface area contributed by atoms with Gasteiger partial charge in [-0.1, -0.05) is 12.1 Å². The van der Waals surface area contributed by atoms with E-state index in [-0.39, 0.29) is 31.4 Å². The highest BCUT2D eigenvalue weighted by Crippen LogP contribution is 2.52. The fourth-order valence-corrected chi connectivity index (χ4v) is 4.05. The van der Waals surface area contributed by atoms with E-state index >= 15 is 0 Å². The number of aryl methyl sites for hydroxylation is 1. The van der Waals surface area contributed by atoms with Crippen molar-refractivity contribution in [2.45, 2.75) is 18.9 Å². The van der Waals surface area contributed by atoms with Gasteiger partial charge in [-0.05, 0) is 12.1 Å². The molecule has 0 saturated carbocycles. The first-order chi connectivity index (χ1) is 13.0. The molecule has 1 amide bonds. The summed E-state index contributed by atoms with van der Waals surface area (Å²) in [4.78, 5) is 26.5. The number of methoxy groups -OCH3 is 1. The van der Waals surface area contributed by atoms with Crippen LogP contribution in [0, 0.1) is 5.41 Å². The molecule has 2 aliphatic heterocycles. The number of benzene rings is 1. The third-order valence-electron chi connectivity index (χ3n) is 5.51. The molecular weight excluding hydrogens is 350 g/mol. The number of aromatic nitrogens is 2. The Bertz CT molecular complexity index is 866. The molecule has 0 spiro atoms. The van der Waals surface area contributed by atoms with Gasteiger partial charge >= 0.3 is 5.97 Å². The minimum Gasteiger partial charge on any atom is -0.493 e. The van der Waals surface area contributed by atoms with Crippen LogP contribution >= 0.6 is 0 Å². The molecule has 1 N–H and O–H groups in total. The van der Waals surface area contributed by atoms with Gasteiger partial charge in [-0.3, -0.25) is 14.3 Å². The maximum absolute atomic E-state index is 12.7. The first kappa shape index (κ1) is 17.4. The number of para-hydroxylation sites is 1. The number of carboxylic acids is 1. The molecule has 1 aromatic heterocycles. The van der Waals surface area contributed by atoms with Crippen LogP contribution < -0.4 is 9.47 Å². The van der Waals surface area contributed by atoms with Gasteiger partial charge in [0, 0.05) is 49.9 Å². The van der Waals surface area contributed by atoms with Gasteiger partial charge in [0.1, 0.15) is 12.0 Å². The molecule has 0 radical (unpaired) electrons. The number of amides is 1. The fraction of sp³-hybridized carbons (Fsp3) is 0.421. The van der Waals surface area contributed by atoms with E-state index in [1.54, 1.807) is 41.2 Å². The molecule has 2 atom stereocenters. The summed E-state index contributed by atoms with van der Waals surface area (Å²) in [5, 5.41) is 14.1. The van der Waals surface area contributed by atoms with Crippen molar-refractivity contribution in [2.75, 3.05) is 26.8 Å². The summed E-state index contributed by atoms with van der Waals surface area (Å²) in [7, 11) is 1.55. The molecule has 0 bridgehead atoms. The molecule has 27 heavy (non-hydrogen) atoms. The second-order valence-electron chi connectivity index (χ2n) is 6.97. The fourth-order valence-electron chi connectivity index (χ4n) is 4.05. The van der Waals surface area contributed by atoms with E-state index in [2.05, 4.69) is 5.10 Å². The van der Waals surface area contributed by atoms with Gasteiger partial charge in [0.05, 0.1) is 7.11 Å². The van der Waals surface area contributed by atoms with Crippen molar-refractivity contribution in [2.24, 2.45) is 5.41 Å². The van der Waals surface area contributed by atoms with Crippen molar-refractivity contribution in [3.63, 3.8) is 0 Å². The van der Waals surface area contributed by atoms with E-state index in [1.807, 2.05) is 12.1 Å². The van der Waals surface area contributed by atoms with E-state index in [4.69, 9.17) is 9.47 Å². The van der Waals surface area contributed by atoms with Gasteiger partial charge < -0.3 is 19.5 Å². The summed E-state index contributed by atoms with van der Waals surface area (Å²) in [5.74, 6) is -0.196. The minimum atomic E-state index is -1.14. The predicted molar refractivity (Wildman–Crippen MR) is 94.7 cm³/mol. The molecule has 8 heteroatoms. The summed E-state index contributed by atoms with van der Waals surface area (Å²) < 4.78 is 12.9. The number of fused-ring (bicyclic) bond motifs is 3. The summed E-state index contributed by atoms with van der Waals surface area (Å²) in [5.41, 5.74) is -0.355. The highest BCUT2D eigenvalue weighted by atomic mass is 16.5. The third-order valence-corrected chi connectivity index (χ3v) is 5.51. The summed E-state index contributed by atoms with van der Waals surface area (Å²) in [6.45, 7) is 0.979. The lowest BCUT2D eigenvalue weighted by Crippen LogP contribution is -2.46. The normalized spacial score (nSPS) is 23.3. The summed E-state index contributed by atoms with van der Waals surface area (Å²) in [6, 6.07) is 7.27. The topological polar surface area (TPSA) is 93.9 Å². The molecule has 0 aliphatic carbocycles. The van der Waals surface area contributed by atoms with Crippen LogP contribution in [0.3, 0.4) is 0 Å². The lowest BCUT2D eigenvalue weighted by Gasteiger charge is -2.36. The second-order valence-corrected chi connectivity index (χ2v) is 6.97. The minimum absolute atomic E-state index is 0.0172. The summed E-state index contributed by atoms with van der Waals surface area (Å²) >= 11 is 0. The Labute approximate surface area is 156 Å². The zero-order chi connectivity index (χ0) is 19.0. The number of nitrogens with zero attached hydrogens (tertiary/aromatic N) is 3. The van der Waals surface area contributed by atoms with Crippen LogP contribution in [0.15, 0.2) is 36.7 Å². The maximum atomic E-state index is 12.7. The zero-order valence-electron chi connectivity index (χ0n) is 15.0. The molecule has 3 heterocycles. The number of hydrogen-bond acceptors (Lipinski definition) is 5. The molecule has 1 fully saturated rings. The summed E-state index contributed by atoms with van der Waals surface area (Å²) in [6.07, 6.45) is 3.73. The number of rotatable bonds is 5. The number of ether oxygens (including phenoxy) is 2. The number of aliphatic carboxylic acids is 1. The van der Waals surface area contributed by atoms with Crippen LogP contribution in [0.2, 0.25) is 0 Å². The van der Waals surface area contributed by atoms with Gasteiger partial charge in [0.25, 0.3) is 0 Å². The van der Waals surface area contributed by atoms with Crippen LogP contribution in [-0.4, -0.2) is 58.5 Å². The SMILES string of the molecule is COc1cccc2c1OC[C@@]1(C(=O)O)CN(C(=O)CCn3cccn3)C[C@@H]21. The lowest BCUT2D eigenvalue weighted by atomic mass is 9.73. The van der Waals surface area contributed by atoms with Crippen LogP contribution in [0.4, 0.5) is 0 Å². The van der Waals surface area contributed by atoms with Gasteiger partial charge in [-0.15, -0.1) is 0 Å². The molecule has 1 saturated heterocycles. The van der Waals surface area contributed by atoms with E-state index in [0.717, 1.165) is 5.56 Å². The van der Waals surface area contributed by atoms with Crippen molar-refractivity contribution in [1.82, 2.24) is 14.7 Å².